The van der Waals surface area contributed by atoms with Crippen LogP contribution in [0.15, 0.2) is 48.5 Å². The molecule has 5 nitrogen and oxygen atoms in total. The quantitative estimate of drug-likeness (QED) is 0.664. The molecule has 142 valence electrons. The van der Waals surface area contributed by atoms with E-state index >= 15 is 0 Å². The molecule has 1 amide bonds. The molecule has 2 aromatic rings. The Balaban J connectivity index is 1.72. The largest absolute Gasteiger partial charge is 0.497 e. The van der Waals surface area contributed by atoms with Crippen molar-refractivity contribution >= 4 is 12.0 Å². The number of benzene rings is 2. The maximum atomic E-state index is 12.8. The molecule has 1 aliphatic rings. The summed E-state index contributed by atoms with van der Waals surface area (Å²) in [5.41, 5.74) is 1.95. The van der Waals surface area contributed by atoms with Gasteiger partial charge in [-0.1, -0.05) is 12.1 Å². The van der Waals surface area contributed by atoms with Gasteiger partial charge in [0, 0.05) is 24.7 Å². The highest BCUT2D eigenvalue weighted by Gasteiger charge is 2.31. The Bertz CT molecular complexity index is 787. The molecule has 0 radical (unpaired) electrons. The Morgan fingerprint density at radius 3 is 2.07 bits per heavy atom. The summed E-state index contributed by atoms with van der Waals surface area (Å²) in [6.45, 7) is 0.596. The summed E-state index contributed by atoms with van der Waals surface area (Å²) >= 11 is 0. The minimum absolute atomic E-state index is 0.00936. The van der Waals surface area contributed by atoms with Crippen molar-refractivity contribution in [3.8, 4) is 17.2 Å². The highest BCUT2D eigenvalue weighted by molar-refractivity contribution is 5.92. The second kappa shape index (κ2) is 8.62. The van der Waals surface area contributed by atoms with E-state index in [1.165, 1.54) is 0 Å². The molecule has 0 aliphatic heterocycles. The first-order valence-corrected chi connectivity index (χ1v) is 8.97. The number of carbonyl (C=O) groups excluding carboxylic acids is 1. The standard InChI is InChI=1S/C22H25NO4/c1-25-19-9-4-16(5-10-19)15-23(18-7-8-18)22(24)11-6-17-12-20(26-2)14-21(13-17)27-3/h4-6,9-14,18H,7-8,15H2,1-3H3/b11-6+. The number of nitrogens with zero attached hydrogens (tertiary/aromatic N) is 1. The van der Waals surface area contributed by atoms with Crippen molar-refractivity contribution in [3.63, 3.8) is 0 Å². The van der Waals surface area contributed by atoms with Gasteiger partial charge < -0.3 is 19.1 Å². The van der Waals surface area contributed by atoms with Gasteiger partial charge >= 0.3 is 0 Å². The van der Waals surface area contributed by atoms with Gasteiger partial charge in [-0.3, -0.25) is 4.79 Å². The van der Waals surface area contributed by atoms with Gasteiger partial charge in [0.05, 0.1) is 21.3 Å². The second-order valence-electron chi connectivity index (χ2n) is 6.52. The van der Waals surface area contributed by atoms with Gasteiger partial charge in [-0.2, -0.15) is 0 Å². The Morgan fingerprint density at radius 1 is 0.963 bits per heavy atom. The third-order valence-electron chi connectivity index (χ3n) is 4.57. The molecule has 0 spiro atoms. The van der Waals surface area contributed by atoms with Crippen LogP contribution in [0.25, 0.3) is 6.08 Å². The van der Waals surface area contributed by atoms with E-state index in [0.717, 1.165) is 29.7 Å². The first-order chi connectivity index (χ1) is 13.1. The molecule has 0 saturated heterocycles. The zero-order valence-corrected chi connectivity index (χ0v) is 16.0. The van der Waals surface area contributed by atoms with Crippen LogP contribution in [0.1, 0.15) is 24.0 Å². The molecule has 0 aromatic heterocycles. The molecule has 0 atom stereocenters. The molecule has 1 fully saturated rings. The molecule has 0 heterocycles. The van der Waals surface area contributed by atoms with Crippen molar-refractivity contribution < 1.29 is 19.0 Å². The normalized spacial score (nSPS) is 13.4. The van der Waals surface area contributed by atoms with E-state index in [1.54, 1.807) is 39.5 Å². The lowest BCUT2D eigenvalue weighted by Crippen LogP contribution is -2.31. The molecular formula is C22H25NO4. The van der Waals surface area contributed by atoms with Crippen LogP contribution in [0.4, 0.5) is 0 Å². The topological polar surface area (TPSA) is 48.0 Å². The summed E-state index contributed by atoms with van der Waals surface area (Å²) in [6, 6.07) is 13.7. The molecule has 27 heavy (non-hydrogen) atoms. The van der Waals surface area contributed by atoms with E-state index in [2.05, 4.69) is 0 Å². The average Bonchev–Trinajstić information content (AvgIpc) is 3.55. The number of rotatable bonds is 8. The lowest BCUT2D eigenvalue weighted by atomic mass is 10.1. The molecule has 0 bridgehead atoms. The van der Waals surface area contributed by atoms with Crippen molar-refractivity contribution in [1.29, 1.82) is 0 Å². The van der Waals surface area contributed by atoms with Crippen molar-refractivity contribution in [1.82, 2.24) is 4.90 Å². The molecule has 3 rings (SSSR count). The number of methoxy groups -OCH3 is 3. The van der Waals surface area contributed by atoms with E-state index in [1.807, 2.05) is 41.3 Å². The summed E-state index contributed by atoms with van der Waals surface area (Å²) < 4.78 is 15.8. The van der Waals surface area contributed by atoms with Crippen molar-refractivity contribution in [2.45, 2.75) is 25.4 Å². The van der Waals surface area contributed by atoms with Crippen molar-refractivity contribution in [3.05, 3.63) is 59.7 Å². The third kappa shape index (κ3) is 5.03. The van der Waals surface area contributed by atoms with Crippen LogP contribution in [0.2, 0.25) is 0 Å². The summed E-state index contributed by atoms with van der Waals surface area (Å²) in [4.78, 5) is 14.7. The van der Waals surface area contributed by atoms with Crippen LogP contribution < -0.4 is 14.2 Å². The molecule has 1 saturated carbocycles. The highest BCUT2D eigenvalue weighted by Crippen LogP contribution is 2.29. The van der Waals surface area contributed by atoms with Crippen LogP contribution in [-0.2, 0) is 11.3 Å². The Hall–Kier alpha value is -2.95. The number of amides is 1. The minimum atomic E-state index is 0.00936. The first-order valence-electron chi connectivity index (χ1n) is 8.97. The molecule has 2 aromatic carbocycles. The number of hydrogen-bond acceptors (Lipinski definition) is 4. The predicted molar refractivity (Wildman–Crippen MR) is 105 cm³/mol. The highest BCUT2D eigenvalue weighted by atomic mass is 16.5. The van der Waals surface area contributed by atoms with Crippen LogP contribution in [0.3, 0.4) is 0 Å². The van der Waals surface area contributed by atoms with Gasteiger partial charge in [-0.15, -0.1) is 0 Å². The van der Waals surface area contributed by atoms with Crippen LogP contribution >= 0.6 is 0 Å². The first kappa shape index (κ1) is 18.8. The van der Waals surface area contributed by atoms with Gasteiger partial charge in [-0.05, 0) is 54.3 Å². The summed E-state index contributed by atoms with van der Waals surface area (Å²) in [5, 5.41) is 0. The van der Waals surface area contributed by atoms with Gasteiger partial charge in [0.2, 0.25) is 5.91 Å². The van der Waals surface area contributed by atoms with Crippen LogP contribution in [0, 0.1) is 0 Å². The number of hydrogen-bond donors (Lipinski definition) is 0. The summed E-state index contributed by atoms with van der Waals surface area (Å²) in [5.74, 6) is 2.21. The van der Waals surface area contributed by atoms with Gasteiger partial charge in [0.15, 0.2) is 0 Å². The van der Waals surface area contributed by atoms with E-state index in [9.17, 15) is 4.79 Å². The lowest BCUT2D eigenvalue weighted by molar-refractivity contribution is -0.127. The minimum Gasteiger partial charge on any atom is -0.497 e. The Labute approximate surface area is 160 Å². The fourth-order valence-corrected chi connectivity index (χ4v) is 2.89. The van der Waals surface area contributed by atoms with E-state index < -0.39 is 0 Å². The third-order valence-corrected chi connectivity index (χ3v) is 4.57. The Morgan fingerprint density at radius 2 is 1.56 bits per heavy atom. The zero-order valence-electron chi connectivity index (χ0n) is 16.0. The zero-order chi connectivity index (χ0) is 19.2. The molecule has 1 aliphatic carbocycles. The van der Waals surface area contributed by atoms with Gasteiger partial charge in [-0.25, -0.2) is 0 Å². The van der Waals surface area contributed by atoms with Crippen LogP contribution in [-0.4, -0.2) is 38.2 Å². The Kier molecular flexibility index (Phi) is 6.01. The average molecular weight is 367 g/mol. The predicted octanol–water partition coefficient (Wildman–Crippen LogP) is 3.92. The molecule has 5 heteroatoms. The summed E-state index contributed by atoms with van der Waals surface area (Å²) in [6.07, 6.45) is 5.54. The molecule has 0 unspecified atom stereocenters. The van der Waals surface area contributed by atoms with Gasteiger partial charge in [0.25, 0.3) is 0 Å². The lowest BCUT2D eigenvalue weighted by Gasteiger charge is -2.21. The molecular weight excluding hydrogens is 342 g/mol. The maximum Gasteiger partial charge on any atom is 0.247 e. The van der Waals surface area contributed by atoms with Crippen molar-refractivity contribution in [2.24, 2.45) is 0 Å². The summed E-state index contributed by atoms with van der Waals surface area (Å²) in [7, 11) is 4.86. The van der Waals surface area contributed by atoms with Crippen molar-refractivity contribution in [2.75, 3.05) is 21.3 Å². The smallest absolute Gasteiger partial charge is 0.247 e. The SMILES string of the molecule is COc1ccc(CN(C(=O)/C=C/c2cc(OC)cc(OC)c2)C2CC2)cc1. The van der Waals surface area contributed by atoms with Gasteiger partial charge in [0.1, 0.15) is 17.2 Å². The fourth-order valence-electron chi connectivity index (χ4n) is 2.89. The van der Waals surface area contributed by atoms with E-state index in [-0.39, 0.29) is 5.91 Å². The van der Waals surface area contributed by atoms with E-state index in [0.29, 0.717) is 24.1 Å². The fraction of sp³-hybridized carbons (Fsp3) is 0.318. The van der Waals surface area contributed by atoms with E-state index in [4.69, 9.17) is 14.2 Å². The molecule has 0 N–H and O–H groups in total. The van der Waals surface area contributed by atoms with Crippen LogP contribution in [0.5, 0.6) is 17.2 Å². The number of carbonyl (C=O) groups is 1. The monoisotopic (exact) mass is 367 g/mol. The second-order valence-corrected chi connectivity index (χ2v) is 6.52. The number of ether oxygens (including phenoxy) is 3. The maximum absolute atomic E-state index is 12.8.